The van der Waals surface area contributed by atoms with Gasteiger partial charge in [0.1, 0.15) is 5.15 Å². The Morgan fingerprint density at radius 3 is 2.44 bits per heavy atom. The first-order chi connectivity index (χ1) is 11.5. The number of anilines is 1. The maximum Gasteiger partial charge on any atom is 0.191 e. The summed E-state index contributed by atoms with van der Waals surface area (Å²) in [6.45, 7) is 2.24. The summed E-state index contributed by atoms with van der Waals surface area (Å²) in [5, 5.41) is 7.67. The summed E-state index contributed by atoms with van der Waals surface area (Å²) >= 11 is 12.1. The van der Waals surface area contributed by atoms with Gasteiger partial charge in [-0.2, -0.15) is 0 Å². The van der Waals surface area contributed by atoms with Gasteiger partial charge in [-0.15, -0.1) is 24.0 Å². The van der Waals surface area contributed by atoms with E-state index in [0.717, 1.165) is 24.7 Å². The Labute approximate surface area is 176 Å². The second-order valence-corrected chi connectivity index (χ2v) is 6.21. The number of aromatic nitrogens is 1. The van der Waals surface area contributed by atoms with Crippen molar-refractivity contribution >= 4 is 58.8 Å². The number of nitrogens with zero attached hydrogens (tertiary/aromatic N) is 3. The number of hydrogen-bond donors (Lipinski definition) is 2. The molecule has 0 amide bonds. The minimum atomic E-state index is 0. The molecule has 138 valence electrons. The zero-order chi connectivity index (χ0) is 17.5. The van der Waals surface area contributed by atoms with E-state index < -0.39 is 0 Å². The van der Waals surface area contributed by atoms with Crippen molar-refractivity contribution in [2.45, 2.75) is 6.54 Å². The second kappa shape index (κ2) is 10.8. The molecular formula is C17H24Cl2IN5. The van der Waals surface area contributed by atoms with Gasteiger partial charge in [0.2, 0.25) is 0 Å². The second-order valence-electron chi connectivity index (χ2n) is 5.44. The average Bonchev–Trinajstić information content (AvgIpc) is 2.85. The number of nitrogens with one attached hydrogen (secondary N) is 2. The molecule has 0 bridgehead atoms. The van der Waals surface area contributed by atoms with Crippen molar-refractivity contribution in [2.24, 2.45) is 12.0 Å². The number of halogens is 3. The van der Waals surface area contributed by atoms with Crippen molar-refractivity contribution in [1.82, 2.24) is 15.2 Å². The Balaban J connectivity index is 0.00000312. The van der Waals surface area contributed by atoms with Crippen LogP contribution >= 0.6 is 47.2 Å². The van der Waals surface area contributed by atoms with E-state index in [0.29, 0.717) is 16.7 Å². The molecule has 0 aliphatic heterocycles. The molecule has 25 heavy (non-hydrogen) atoms. The highest BCUT2D eigenvalue weighted by atomic mass is 127. The van der Waals surface area contributed by atoms with Crippen molar-refractivity contribution in [3.63, 3.8) is 0 Å². The van der Waals surface area contributed by atoms with E-state index in [1.807, 2.05) is 35.9 Å². The molecule has 1 aromatic heterocycles. The molecule has 0 saturated carbocycles. The molecular weight excluding hydrogens is 472 g/mol. The molecule has 2 rings (SSSR count). The number of aliphatic imine (C=N–C) groups is 1. The van der Waals surface area contributed by atoms with Crippen LogP contribution in [0, 0.1) is 0 Å². The Bertz CT molecular complexity index is 688. The third kappa shape index (κ3) is 6.27. The number of hydrogen-bond acceptors (Lipinski definition) is 2. The van der Waals surface area contributed by atoms with Crippen molar-refractivity contribution in [2.75, 3.05) is 32.1 Å². The van der Waals surface area contributed by atoms with Gasteiger partial charge in [-0.3, -0.25) is 4.99 Å². The first-order valence-electron chi connectivity index (χ1n) is 7.73. The van der Waals surface area contributed by atoms with E-state index in [1.54, 1.807) is 7.05 Å². The number of guanidine groups is 1. The lowest BCUT2D eigenvalue weighted by molar-refractivity contribution is 0.742. The zero-order valence-electron chi connectivity index (χ0n) is 14.6. The van der Waals surface area contributed by atoms with Crippen molar-refractivity contribution in [3.05, 3.63) is 52.3 Å². The molecule has 1 heterocycles. The third-order valence-corrected chi connectivity index (χ3v) is 4.65. The lowest BCUT2D eigenvalue weighted by atomic mass is 10.3. The molecule has 0 radical (unpaired) electrons. The zero-order valence-corrected chi connectivity index (χ0v) is 18.4. The quantitative estimate of drug-likeness (QED) is 0.364. The van der Waals surface area contributed by atoms with E-state index >= 15 is 0 Å². The molecule has 2 N–H and O–H groups in total. The molecule has 0 aliphatic rings. The Morgan fingerprint density at radius 1 is 1.20 bits per heavy atom. The third-order valence-electron chi connectivity index (χ3n) is 3.81. The Hall–Kier alpha value is -1.12. The summed E-state index contributed by atoms with van der Waals surface area (Å²) in [5.41, 5.74) is 2.18. The van der Waals surface area contributed by atoms with Crippen LogP contribution in [0.2, 0.25) is 10.2 Å². The highest BCUT2D eigenvalue weighted by Crippen LogP contribution is 2.24. The molecule has 0 aliphatic carbocycles. The summed E-state index contributed by atoms with van der Waals surface area (Å²) < 4.78 is 1.85. The van der Waals surface area contributed by atoms with Gasteiger partial charge in [0, 0.05) is 45.6 Å². The fraction of sp³-hybridized carbons (Fsp3) is 0.353. The highest BCUT2D eigenvalue weighted by Gasteiger charge is 2.09. The molecule has 0 unspecified atom stereocenters. The van der Waals surface area contributed by atoms with Gasteiger partial charge in [-0.1, -0.05) is 41.4 Å². The monoisotopic (exact) mass is 495 g/mol. The molecule has 0 atom stereocenters. The summed E-state index contributed by atoms with van der Waals surface area (Å²) in [7, 11) is 5.71. The van der Waals surface area contributed by atoms with E-state index in [-0.39, 0.29) is 24.0 Å². The molecule has 2 aromatic rings. The smallest absolute Gasteiger partial charge is 0.191 e. The van der Waals surface area contributed by atoms with Crippen LogP contribution in [-0.2, 0) is 13.6 Å². The molecule has 0 fully saturated rings. The predicted molar refractivity (Wildman–Crippen MR) is 119 cm³/mol. The summed E-state index contributed by atoms with van der Waals surface area (Å²) in [5.74, 6) is 0.741. The van der Waals surface area contributed by atoms with Crippen LogP contribution in [0.4, 0.5) is 5.69 Å². The van der Waals surface area contributed by atoms with Crippen LogP contribution in [0.5, 0.6) is 0 Å². The van der Waals surface area contributed by atoms with Gasteiger partial charge in [-0.05, 0) is 18.2 Å². The number of likely N-dealkylation sites (N-methyl/N-ethyl adjacent to an activating group) is 1. The number of benzene rings is 1. The minimum Gasteiger partial charge on any atom is -0.373 e. The molecule has 0 saturated heterocycles. The average molecular weight is 496 g/mol. The molecule has 8 heteroatoms. The molecule has 5 nitrogen and oxygen atoms in total. The Morgan fingerprint density at radius 2 is 1.88 bits per heavy atom. The van der Waals surface area contributed by atoms with Crippen LogP contribution < -0.4 is 15.5 Å². The predicted octanol–water partition coefficient (Wildman–Crippen LogP) is 3.75. The van der Waals surface area contributed by atoms with Crippen molar-refractivity contribution < 1.29 is 0 Å². The SMILES string of the molecule is CN=C(NCCN(C)c1ccccc1)NCc1cc(Cl)c(Cl)n1C.I. The van der Waals surface area contributed by atoms with Crippen LogP contribution in [0.25, 0.3) is 0 Å². The van der Waals surface area contributed by atoms with Gasteiger partial charge in [0.25, 0.3) is 0 Å². The van der Waals surface area contributed by atoms with Gasteiger partial charge in [-0.25, -0.2) is 0 Å². The van der Waals surface area contributed by atoms with Crippen molar-refractivity contribution in [1.29, 1.82) is 0 Å². The highest BCUT2D eigenvalue weighted by molar-refractivity contribution is 14.0. The van der Waals surface area contributed by atoms with Gasteiger partial charge < -0.3 is 20.1 Å². The maximum atomic E-state index is 6.08. The first-order valence-corrected chi connectivity index (χ1v) is 8.48. The van der Waals surface area contributed by atoms with Crippen LogP contribution in [0.1, 0.15) is 5.69 Å². The van der Waals surface area contributed by atoms with E-state index in [4.69, 9.17) is 23.2 Å². The fourth-order valence-electron chi connectivity index (χ4n) is 2.31. The van der Waals surface area contributed by atoms with E-state index in [9.17, 15) is 0 Å². The first kappa shape index (κ1) is 21.9. The molecule has 0 spiro atoms. The van der Waals surface area contributed by atoms with Crippen LogP contribution in [0.15, 0.2) is 41.4 Å². The fourth-order valence-corrected chi connectivity index (χ4v) is 2.72. The lowest BCUT2D eigenvalue weighted by Crippen LogP contribution is -2.40. The van der Waals surface area contributed by atoms with E-state index in [2.05, 4.69) is 39.7 Å². The van der Waals surface area contributed by atoms with Gasteiger partial charge in [0.15, 0.2) is 5.96 Å². The summed E-state index contributed by atoms with van der Waals surface area (Å²) in [6, 6.07) is 12.1. The normalized spacial score (nSPS) is 11.0. The van der Waals surface area contributed by atoms with E-state index in [1.165, 1.54) is 5.69 Å². The topological polar surface area (TPSA) is 44.6 Å². The summed E-state index contributed by atoms with van der Waals surface area (Å²) in [4.78, 5) is 6.42. The standard InChI is InChI=1S/C17H23Cl2N5.HI/c1-20-17(22-12-14-11-15(18)16(19)24(14)3)21-9-10-23(2)13-7-5-4-6-8-13;/h4-8,11H,9-10,12H2,1-3H3,(H2,20,21,22);1H. The lowest BCUT2D eigenvalue weighted by Gasteiger charge is -2.20. The maximum absolute atomic E-state index is 6.08. The Kier molecular flexibility index (Phi) is 9.45. The van der Waals surface area contributed by atoms with Gasteiger partial charge in [0.05, 0.1) is 11.6 Å². The largest absolute Gasteiger partial charge is 0.373 e. The van der Waals surface area contributed by atoms with Crippen LogP contribution in [0.3, 0.4) is 0 Å². The number of para-hydroxylation sites is 1. The molecule has 1 aromatic carbocycles. The van der Waals surface area contributed by atoms with Gasteiger partial charge >= 0.3 is 0 Å². The number of rotatable bonds is 6. The minimum absolute atomic E-state index is 0. The summed E-state index contributed by atoms with van der Waals surface area (Å²) in [6.07, 6.45) is 0. The van der Waals surface area contributed by atoms with Crippen molar-refractivity contribution in [3.8, 4) is 0 Å². The van der Waals surface area contributed by atoms with Crippen LogP contribution in [-0.4, -0.2) is 37.7 Å².